The number of hydrogen-bond acceptors (Lipinski definition) is 2. The maximum absolute atomic E-state index is 5.34. The van der Waals surface area contributed by atoms with Gasteiger partial charge >= 0.3 is 1.43 Å². The molecular weight excluding hydrogens is 154 g/mol. The van der Waals surface area contributed by atoms with Crippen LogP contribution in [0.2, 0.25) is 0 Å². The third-order valence-electron chi connectivity index (χ3n) is 1.41. The average Bonchev–Trinajstić information content (AvgIpc) is 1.87. The minimum atomic E-state index is 0. The Hall–Kier alpha value is 0.137. The number of nitrogens with zero attached hydrogens (tertiary/aromatic N) is 1. The van der Waals surface area contributed by atoms with Crippen molar-refractivity contribution in [2.45, 2.75) is 25.0 Å². The minimum absolute atomic E-state index is 0. The van der Waals surface area contributed by atoms with Crippen LogP contribution in [0.15, 0.2) is 0 Å². The summed E-state index contributed by atoms with van der Waals surface area (Å²) >= 11 is 0. The highest BCUT2D eigenvalue weighted by Gasteiger charge is 2.05. The second-order valence-electron chi connectivity index (χ2n) is 3.52. The Morgan fingerprint density at radius 2 is 1.91 bits per heavy atom. The fourth-order valence-corrected chi connectivity index (χ4v) is 1.55. The SMILES string of the molecule is CN(C)C.[H+].[SiH3]C1CCCCO1. The minimum Gasteiger partial charge on any atom is -0.383 e. The van der Waals surface area contributed by atoms with E-state index in [9.17, 15) is 0 Å². The molecule has 0 bridgehead atoms. The lowest BCUT2D eigenvalue weighted by molar-refractivity contribution is 0.0675. The summed E-state index contributed by atoms with van der Waals surface area (Å²) in [6.07, 6.45) is 4.01. The molecule has 1 atom stereocenters. The first-order chi connectivity index (χ1) is 5.13. The fraction of sp³-hybridized carbons (Fsp3) is 1.00. The Bertz CT molecular complexity index is 84.4. The molecule has 2 nitrogen and oxygen atoms in total. The van der Waals surface area contributed by atoms with Crippen molar-refractivity contribution in [3.05, 3.63) is 0 Å². The molecule has 0 aromatic rings. The number of ether oxygens (including phenoxy) is 1. The Morgan fingerprint density at radius 1 is 1.36 bits per heavy atom. The monoisotopic (exact) mass is 176 g/mol. The normalized spacial score (nSPS) is 24.5. The van der Waals surface area contributed by atoms with Gasteiger partial charge in [0.2, 0.25) is 0 Å². The van der Waals surface area contributed by atoms with Crippen molar-refractivity contribution in [2.75, 3.05) is 27.7 Å². The molecule has 0 aromatic heterocycles. The molecule has 68 valence electrons. The molecule has 1 fully saturated rings. The molecule has 0 aromatic carbocycles. The predicted octanol–water partition coefficient (Wildman–Crippen LogP) is 0.169. The van der Waals surface area contributed by atoms with Crippen LogP contribution < -0.4 is 0 Å². The van der Waals surface area contributed by atoms with Gasteiger partial charge in [0, 0.05) is 22.6 Å². The van der Waals surface area contributed by atoms with Gasteiger partial charge in [-0.05, 0) is 40.4 Å². The van der Waals surface area contributed by atoms with Crippen LogP contribution in [0.25, 0.3) is 0 Å². The molecule has 0 amide bonds. The van der Waals surface area contributed by atoms with Gasteiger partial charge in [0.25, 0.3) is 0 Å². The van der Waals surface area contributed by atoms with E-state index in [2.05, 4.69) is 0 Å². The summed E-state index contributed by atoms with van der Waals surface area (Å²) in [6, 6.07) is 0. The summed E-state index contributed by atoms with van der Waals surface area (Å²) < 4.78 is 5.34. The Kier molecular flexibility index (Phi) is 6.91. The second-order valence-corrected chi connectivity index (χ2v) is 4.81. The van der Waals surface area contributed by atoms with Crippen LogP contribution in [-0.2, 0) is 4.74 Å². The highest BCUT2D eigenvalue weighted by molar-refractivity contribution is 6.10. The van der Waals surface area contributed by atoms with Gasteiger partial charge < -0.3 is 9.64 Å². The van der Waals surface area contributed by atoms with Crippen LogP contribution in [-0.4, -0.2) is 48.6 Å². The van der Waals surface area contributed by atoms with Gasteiger partial charge in [0.05, 0.1) is 0 Å². The first kappa shape index (κ1) is 11.1. The van der Waals surface area contributed by atoms with Crippen molar-refractivity contribution >= 4 is 10.2 Å². The first-order valence-electron chi connectivity index (χ1n) is 4.35. The van der Waals surface area contributed by atoms with Crippen LogP contribution in [0.1, 0.15) is 20.7 Å². The summed E-state index contributed by atoms with van der Waals surface area (Å²) in [6.45, 7) is 1.02. The topological polar surface area (TPSA) is 12.5 Å². The van der Waals surface area contributed by atoms with Crippen molar-refractivity contribution in [1.29, 1.82) is 0 Å². The van der Waals surface area contributed by atoms with Crippen molar-refractivity contribution < 1.29 is 6.16 Å². The lowest BCUT2D eigenvalue weighted by Gasteiger charge is -2.17. The quantitative estimate of drug-likeness (QED) is 0.488. The Labute approximate surface area is 74.8 Å². The van der Waals surface area contributed by atoms with Crippen LogP contribution in [0.3, 0.4) is 0 Å². The first-order valence-corrected chi connectivity index (χ1v) is 5.51. The summed E-state index contributed by atoms with van der Waals surface area (Å²) in [7, 11) is 7.23. The lowest BCUT2D eigenvalue weighted by atomic mass is 10.2. The number of rotatable bonds is 0. The van der Waals surface area contributed by atoms with Gasteiger partial charge in [0.15, 0.2) is 0 Å². The Balaban J connectivity index is 0. The van der Waals surface area contributed by atoms with Gasteiger partial charge in [-0.1, -0.05) is 0 Å². The highest BCUT2D eigenvalue weighted by Crippen LogP contribution is 2.08. The summed E-state index contributed by atoms with van der Waals surface area (Å²) in [5, 5.41) is 0. The van der Waals surface area contributed by atoms with Crippen LogP contribution in [0.4, 0.5) is 0 Å². The lowest BCUT2D eigenvalue weighted by Crippen LogP contribution is -2.18. The van der Waals surface area contributed by atoms with Gasteiger partial charge in [-0.3, -0.25) is 0 Å². The molecular formula is C8H22NOSi+. The third kappa shape index (κ3) is 10.1. The molecule has 1 saturated heterocycles. The van der Waals surface area contributed by atoms with Crippen LogP contribution in [0.5, 0.6) is 0 Å². The molecule has 0 spiro atoms. The molecule has 3 heteroatoms. The smallest absolute Gasteiger partial charge is 0.383 e. The Morgan fingerprint density at radius 3 is 2.09 bits per heavy atom. The van der Waals surface area contributed by atoms with E-state index >= 15 is 0 Å². The maximum atomic E-state index is 5.34. The van der Waals surface area contributed by atoms with E-state index < -0.39 is 0 Å². The van der Waals surface area contributed by atoms with Crippen molar-refractivity contribution in [1.82, 2.24) is 4.90 Å². The van der Waals surface area contributed by atoms with Gasteiger partial charge in [-0.2, -0.15) is 0 Å². The average molecular weight is 176 g/mol. The third-order valence-corrected chi connectivity index (χ3v) is 2.32. The van der Waals surface area contributed by atoms with E-state index in [0.717, 1.165) is 6.61 Å². The molecule has 11 heavy (non-hydrogen) atoms. The van der Waals surface area contributed by atoms with E-state index in [1.807, 2.05) is 26.0 Å². The van der Waals surface area contributed by atoms with E-state index in [1.54, 1.807) is 0 Å². The molecule has 0 saturated carbocycles. The van der Waals surface area contributed by atoms with Gasteiger partial charge in [0.1, 0.15) is 0 Å². The zero-order valence-electron chi connectivity index (χ0n) is 9.26. The summed E-state index contributed by atoms with van der Waals surface area (Å²) in [5.41, 5.74) is 0.675. The predicted molar refractivity (Wildman–Crippen MR) is 54.3 cm³/mol. The molecule has 1 aliphatic rings. The summed E-state index contributed by atoms with van der Waals surface area (Å²) in [5.74, 6) is 0. The van der Waals surface area contributed by atoms with E-state index in [0.29, 0.717) is 5.73 Å². The highest BCUT2D eigenvalue weighted by atomic mass is 28.1. The molecule has 1 heterocycles. The second kappa shape index (κ2) is 6.82. The zero-order chi connectivity index (χ0) is 8.69. The summed E-state index contributed by atoms with van der Waals surface area (Å²) in [4.78, 5) is 2.00. The molecule has 0 radical (unpaired) electrons. The van der Waals surface area contributed by atoms with E-state index in [4.69, 9.17) is 4.74 Å². The number of hydrogen-bond donors (Lipinski definition) is 0. The van der Waals surface area contributed by atoms with E-state index in [1.165, 1.54) is 29.5 Å². The standard InChI is InChI=1S/C5H12OSi.C3H9N/c7-5-3-1-2-4-6-5;1-4(2)3/h5H,1-4H2,7H3;1-3H3/p+1. The molecule has 1 unspecified atom stereocenters. The van der Waals surface area contributed by atoms with Crippen LogP contribution >= 0.6 is 0 Å². The maximum Gasteiger partial charge on any atom is 1.00 e. The molecule has 1 aliphatic heterocycles. The fourth-order valence-electron chi connectivity index (χ4n) is 0.902. The molecule has 0 N–H and O–H groups in total. The zero-order valence-corrected chi connectivity index (χ0v) is 10.3. The van der Waals surface area contributed by atoms with E-state index in [-0.39, 0.29) is 1.43 Å². The van der Waals surface area contributed by atoms with Crippen molar-refractivity contribution in [3.8, 4) is 0 Å². The van der Waals surface area contributed by atoms with Crippen molar-refractivity contribution in [3.63, 3.8) is 0 Å². The van der Waals surface area contributed by atoms with Crippen LogP contribution in [0, 0.1) is 0 Å². The molecule has 1 rings (SSSR count). The van der Waals surface area contributed by atoms with Crippen molar-refractivity contribution in [2.24, 2.45) is 0 Å². The van der Waals surface area contributed by atoms with Gasteiger partial charge in [-0.25, -0.2) is 0 Å². The largest absolute Gasteiger partial charge is 1.00 e. The molecule has 0 aliphatic carbocycles. The van der Waals surface area contributed by atoms with Gasteiger partial charge in [-0.15, -0.1) is 0 Å².